The minimum Gasteiger partial charge on any atom is -0.325 e. The molecule has 0 fully saturated rings. The SMILES string of the molecule is CC(C#N)N(C)C(=O)c1ccc2ccccc2n1. The van der Waals surface area contributed by atoms with Crippen LogP contribution in [-0.2, 0) is 0 Å². The average Bonchev–Trinajstić information content (AvgIpc) is 2.44. The molecule has 1 heterocycles. The van der Waals surface area contributed by atoms with E-state index >= 15 is 0 Å². The number of para-hydroxylation sites is 1. The molecule has 1 unspecified atom stereocenters. The fourth-order valence-electron chi connectivity index (χ4n) is 1.63. The van der Waals surface area contributed by atoms with E-state index in [1.165, 1.54) is 4.90 Å². The Hall–Kier alpha value is -2.41. The van der Waals surface area contributed by atoms with E-state index in [1.807, 2.05) is 36.4 Å². The Morgan fingerprint density at radius 1 is 1.33 bits per heavy atom. The second-order valence-electron chi connectivity index (χ2n) is 4.11. The van der Waals surface area contributed by atoms with Crippen LogP contribution in [0.15, 0.2) is 36.4 Å². The summed E-state index contributed by atoms with van der Waals surface area (Å²) in [5.74, 6) is -0.241. The van der Waals surface area contributed by atoms with Gasteiger partial charge < -0.3 is 4.90 Å². The zero-order valence-electron chi connectivity index (χ0n) is 10.3. The lowest BCUT2D eigenvalue weighted by molar-refractivity contribution is 0.0767. The van der Waals surface area contributed by atoms with Gasteiger partial charge in [0.25, 0.3) is 5.91 Å². The number of nitrogens with zero attached hydrogens (tertiary/aromatic N) is 3. The first kappa shape index (κ1) is 12.1. The second-order valence-corrected chi connectivity index (χ2v) is 4.11. The molecule has 2 rings (SSSR count). The molecular formula is C14H13N3O. The van der Waals surface area contributed by atoms with Gasteiger partial charge in [-0.2, -0.15) is 5.26 Å². The van der Waals surface area contributed by atoms with E-state index in [0.717, 1.165) is 10.9 Å². The highest BCUT2D eigenvalue weighted by atomic mass is 16.2. The lowest BCUT2D eigenvalue weighted by Gasteiger charge is -2.18. The molecule has 0 aliphatic carbocycles. The molecule has 0 aliphatic rings. The van der Waals surface area contributed by atoms with Gasteiger partial charge in [0.15, 0.2) is 0 Å². The molecule has 1 amide bonds. The van der Waals surface area contributed by atoms with Gasteiger partial charge in [0.1, 0.15) is 11.7 Å². The Kier molecular flexibility index (Phi) is 3.24. The molecule has 1 atom stereocenters. The van der Waals surface area contributed by atoms with Crippen LogP contribution in [-0.4, -0.2) is 28.9 Å². The number of amides is 1. The maximum atomic E-state index is 12.1. The summed E-state index contributed by atoms with van der Waals surface area (Å²) in [5, 5.41) is 9.80. The van der Waals surface area contributed by atoms with E-state index < -0.39 is 6.04 Å². The predicted molar refractivity (Wildman–Crippen MR) is 68.9 cm³/mol. The summed E-state index contributed by atoms with van der Waals surface area (Å²) in [5.41, 5.74) is 1.14. The molecule has 2 aromatic rings. The van der Waals surface area contributed by atoms with Crippen LogP contribution < -0.4 is 0 Å². The standard InChI is InChI=1S/C14H13N3O/c1-10(9-15)17(2)14(18)13-8-7-11-5-3-4-6-12(11)16-13/h3-8,10H,1-2H3. The summed E-state index contributed by atoms with van der Waals surface area (Å²) in [6.45, 7) is 1.68. The molecule has 90 valence electrons. The van der Waals surface area contributed by atoms with E-state index in [9.17, 15) is 4.79 Å². The van der Waals surface area contributed by atoms with Crippen LogP contribution >= 0.6 is 0 Å². The first-order chi connectivity index (χ1) is 8.63. The van der Waals surface area contributed by atoms with E-state index in [1.54, 1.807) is 20.0 Å². The summed E-state index contributed by atoms with van der Waals surface area (Å²) in [7, 11) is 1.60. The summed E-state index contributed by atoms with van der Waals surface area (Å²) >= 11 is 0. The van der Waals surface area contributed by atoms with Crippen LogP contribution in [0.4, 0.5) is 0 Å². The summed E-state index contributed by atoms with van der Waals surface area (Å²) in [6.07, 6.45) is 0. The number of nitriles is 1. The summed E-state index contributed by atoms with van der Waals surface area (Å²) in [6, 6.07) is 12.7. The van der Waals surface area contributed by atoms with Gasteiger partial charge in [-0.25, -0.2) is 4.98 Å². The molecule has 4 heteroatoms. The minimum atomic E-state index is -0.467. The number of aromatic nitrogens is 1. The third-order valence-electron chi connectivity index (χ3n) is 2.91. The van der Waals surface area contributed by atoms with Gasteiger partial charge in [-0.15, -0.1) is 0 Å². The molecule has 18 heavy (non-hydrogen) atoms. The average molecular weight is 239 g/mol. The van der Waals surface area contributed by atoms with Crippen LogP contribution in [0.5, 0.6) is 0 Å². The van der Waals surface area contributed by atoms with Crippen molar-refractivity contribution in [2.24, 2.45) is 0 Å². The van der Waals surface area contributed by atoms with Gasteiger partial charge in [-0.1, -0.05) is 24.3 Å². The van der Waals surface area contributed by atoms with Crippen LogP contribution in [0.1, 0.15) is 17.4 Å². The zero-order valence-corrected chi connectivity index (χ0v) is 10.3. The molecule has 0 bridgehead atoms. The van der Waals surface area contributed by atoms with Gasteiger partial charge in [0.05, 0.1) is 11.6 Å². The lowest BCUT2D eigenvalue weighted by Crippen LogP contribution is -2.34. The predicted octanol–water partition coefficient (Wildman–Crippen LogP) is 2.22. The Morgan fingerprint density at radius 2 is 2.06 bits per heavy atom. The number of carbonyl (C=O) groups is 1. The molecule has 4 nitrogen and oxygen atoms in total. The topological polar surface area (TPSA) is 57.0 Å². The maximum absolute atomic E-state index is 12.1. The third-order valence-corrected chi connectivity index (χ3v) is 2.91. The Bertz CT molecular complexity index is 630. The van der Waals surface area contributed by atoms with Crippen molar-refractivity contribution < 1.29 is 4.79 Å². The number of pyridine rings is 1. The van der Waals surface area contributed by atoms with Crippen molar-refractivity contribution in [1.82, 2.24) is 9.88 Å². The van der Waals surface area contributed by atoms with E-state index in [2.05, 4.69) is 4.98 Å². The van der Waals surface area contributed by atoms with Gasteiger partial charge in [-0.3, -0.25) is 4.79 Å². The zero-order chi connectivity index (χ0) is 13.1. The number of hydrogen-bond acceptors (Lipinski definition) is 3. The molecule has 0 radical (unpaired) electrons. The van der Waals surface area contributed by atoms with Crippen LogP contribution in [0.25, 0.3) is 10.9 Å². The maximum Gasteiger partial charge on any atom is 0.273 e. The van der Waals surface area contributed by atoms with Crippen molar-refractivity contribution in [2.75, 3.05) is 7.05 Å². The van der Waals surface area contributed by atoms with Crippen molar-refractivity contribution in [2.45, 2.75) is 13.0 Å². The monoisotopic (exact) mass is 239 g/mol. The van der Waals surface area contributed by atoms with E-state index in [4.69, 9.17) is 5.26 Å². The second kappa shape index (κ2) is 4.84. The molecular weight excluding hydrogens is 226 g/mol. The van der Waals surface area contributed by atoms with Crippen molar-refractivity contribution >= 4 is 16.8 Å². The highest BCUT2D eigenvalue weighted by Crippen LogP contribution is 2.13. The van der Waals surface area contributed by atoms with Gasteiger partial charge in [0, 0.05) is 12.4 Å². The number of benzene rings is 1. The number of rotatable bonds is 2. The Morgan fingerprint density at radius 3 is 2.78 bits per heavy atom. The molecule has 0 N–H and O–H groups in total. The minimum absolute atomic E-state index is 0.241. The number of hydrogen-bond donors (Lipinski definition) is 0. The van der Waals surface area contributed by atoms with Crippen LogP contribution in [0, 0.1) is 11.3 Å². The van der Waals surface area contributed by atoms with Gasteiger partial charge in [0.2, 0.25) is 0 Å². The van der Waals surface area contributed by atoms with Crippen molar-refractivity contribution in [3.05, 3.63) is 42.1 Å². The molecule has 0 saturated carbocycles. The van der Waals surface area contributed by atoms with Crippen molar-refractivity contribution in [3.8, 4) is 6.07 Å². The molecule has 0 aliphatic heterocycles. The van der Waals surface area contributed by atoms with E-state index in [0.29, 0.717) is 5.69 Å². The molecule has 0 saturated heterocycles. The van der Waals surface area contributed by atoms with Crippen molar-refractivity contribution in [1.29, 1.82) is 5.26 Å². The fraction of sp³-hybridized carbons (Fsp3) is 0.214. The Balaban J connectivity index is 2.37. The third kappa shape index (κ3) is 2.16. The van der Waals surface area contributed by atoms with Crippen LogP contribution in [0.3, 0.4) is 0 Å². The van der Waals surface area contributed by atoms with Crippen molar-refractivity contribution in [3.63, 3.8) is 0 Å². The molecule has 0 spiro atoms. The lowest BCUT2D eigenvalue weighted by atomic mass is 10.2. The van der Waals surface area contributed by atoms with Crippen LogP contribution in [0.2, 0.25) is 0 Å². The first-order valence-corrected chi connectivity index (χ1v) is 5.66. The highest BCUT2D eigenvalue weighted by Gasteiger charge is 2.18. The quantitative estimate of drug-likeness (QED) is 0.807. The van der Waals surface area contributed by atoms with Gasteiger partial charge >= 0.3 is 0 Å². The fourth-order valence-corrected chi connectivity index (χ4v) is 1.63. The largest absolute Gasteiger partial charge is 0.325 e. The molecule has 1 aromatic carbocycles. The summed E-state index contributed by atoms with van der Waals surface area (Å²) < 4.78 is 0. The molecule has 1 aromatic heterocycles. The van der Waals surface area contributed by atoms with E-state index in [-0.39, 0.29) is 5.91 Å². The Labute approximate surface area is 105 Å². The highest BCUT2D eigenvalue weighted by molar-refractivity contribution is 5.95. The smallest absolute Gasteiger partial charge is 0.273 e. The number of fused-ring (bicyclic) bond motifs is 1. The van der Waals surface area contributed by atoms with Gasteiger partial charge in [-0.05, 0) is 19.1 Å². The first-order valence-electron chi connectivity index (χ1n) is 5.66. The summed E-state index contributed by atoms with van der Waals surface area (Å²) in [4.78, 5) is 17.8. The normalized spacial score (nSPS) is 11.8. The number of carbonyl (C=O) groups excluding carboxylic acids is 1.